The zero-order valence-electron chi connectivity index (χ0n) is 16.0. The van der Waals surface area contributed by atoms with Gasteiger partial charge in [-0.2, -0.15) is 0 Å². The van der Waals surface area contributed by atoms with Gasteiger partial charge in [0.05, 0.1) is 17.2 Å². The topological polar surface area (TPSA) is 76.7 Å². The van der Waals surface area contributed by atoms with Gasteiger partial charge in [-0.05, 0) is 24.1 Å². The number of rotatable bonds is 4. The molecule has 1 amide bonds. The van der Waals surface area contributed by atoms with Gasteiger partial charge in [0, 0.05) is 26.2 Å². The SMILES string of the molecule is O=C1CO[C@@H]2CN(CCn3c(=O)oc4ccccc43)CC[C@@]2(c2ccccc2)N1. The van der Waals surface area contributed by atoms with E-state index >= 15 is 0 Å². The first-order valence-corrected chi connectivity index (χ1v) is 9.95. The fourth-order valence-electron chi connectivity index (χ4n) is 4.58. The standard InChI is InChI=1S/C22H23N3O4/c26-20-15-28-19-14-24(11-10-22(19,23-20)16-6-2-1-3-7-16)12-13-25-17-8-4-5-9-18(17)29-21(25)27/h1-9,19H,10-15H2,(H,23,26)/t19-,22+/m1/s1. The molecule has 0 aliphatic carbocycles. The summed E-state index contributed by atoms with van der Waals surface area (Å²) in [4.78, 5) is 26.6. The number of carbonyl (C=O) groups is 1. The van der Waals surface area contributed by atoms with E-state index < -0.39 is 5.54 Å². The van der Waals surface area contributed by atoms with E-state index in [-0.39, 0.29) is 24.4 Å². The van der Waals surface area contributed by atoms with E-state index in [1.165, 1.54) is 0 Å². The number of piperidine rings is 1. The van der Waals surface area contributed by atoms with Crippen molar-refractivity contribution in [1.29, 1.82) is 0 Å². The molecule has 0 spiro atoms. The van der Waals surface area contributed by atoms with Crippen LogP contribution in [-0.2, 0) is 21.6 Å². The summed E-state index contributed by atoms with van der Waals surface area (Å²) in [6.07, 6.45) is 0.628. The van der Waals surface area contributed by atoms with E-state index in [9.17, 15) is 9.59 Å². The summed E-state index contributed by atoms with van der Waals surface area (Å²) < 4.78 is 13.0. The van der Waals surface area contributed by atoms with Crippen molar-refractivity contribution in [1.82, 2.24) is 14.8 Å². The molecule has 150 valence electrons. The van der Waals surface area contributed by atoms with E-state index in [1.807, 2.05) is 36.4 Å². The van der Waals surface area contributed by atoms with Crippen LogP contribution in [0.3, 0.4) is 0 Å². The van der Waals surface area contributed by atoms with Crippen LogP contribution >= 0.6 is 0 Å². The lowest BCUT2D eigenvalue weighted by atomic mass is 9.77. The van der Waals surface area contributed by atoms with Gasteiger partial charge in [-0.1, -0.05) is 42.5 Å². The van der Waals surface area contributed by atoms with Crippen molar-refractivity contribution in [2.45, 2.75) is 24.6 Å². The summed E-state index contributed by atoms with van der Waals surface area (Å²) in [6.45, 7) is 2.84. The van der Waals surface area contributed by atoms with Crippen LogP contribution in [0, 0.1) is 0 Å². The third-order valence-corrected chi connectivity index (χ3v) is 6.08. The first-order chi connectivity index (χ1) is 14.2. The number of para-hydroxylation sites is 2. The Bertz CT molecular complexity index is 1090. The Morgan fingerprint density at radius 2 is 1.83 bits per heavy atom. The molecule has 3 aromatic rings. The number of oxazole rings is 1. The molecule has 5 rings (SSSR count). The Hall–Kier alpha value is -2.90. The van der Waals surface area contributed by atoms with E-state index in [4.69, 9.17) is 9.15 Å². The summed E-state index contributed by atoms with van der Waals surface area (Å²) in [5.74, 6) is -0.405. The molecule has 2 fully saturated rings. The molecule has 1 aromatic heterocycles. The molecule has 3 heterocycles. The molecule has 2 atom stereocenters. The lowest BCUT2D eigenvalue weighted by molar-refractivity contribution is -0.152. The fourth-order valence-corrected chi connectivity index (χ4v) is 4.58. The number of hydrogen-bond donors (Lipinski definition) is 1. The number of benzene rings is 2. The average molecular weight is 393 g/mol. The highest BCUT2D eigenvalue weighted by atomic mass is 16.5. The average Bonchev–Trinajstić information content (AvgIpc) is 3.07. The predicted octanol–water partition coefficient (Wildman–Crippen LogP) is 1.71. The normalized spacial score (nSPS) is 25.0. The van der Waals surface area contributed by atoms with Crippen LogP contribution in [0.25, 0.3) is 11.1 Å². The number of fused-ring (bicyclic) bond motifs is 2. The van der Waals surface area contributed by atoms with E-state index in [0.29, 0.717) is 25.2 Å². The highest BCUT2D eigenvalue weighted by molar-refractivity contribution is 5.79. The number of likely N-dealkylation sites (tertiary alicyclic amines) is 1. The minimum atomic E-state index is -0.494. The van der Waals surface area contributed by atoms with Gasteiger partial charge in [0.15, 0.2) is 5.58 Å². The Morgan fingerprint density at radius 1 is 1.03 bits per heavy atom. The molecular weight excluding hydrogens is 370 g/mol. The molecule has 0 unspecified atom stereocenters. The maximum absolute atomic E-state index is 12.2. The van der Waals surface area contributed by atoms with Crippen molar-refractivity contribution in [3.05, 3.63) is 70.7 Å². The first kappa shape index (κ1) is 18.1. The second-order valence-electron chi connectivity index (χ2n) is 7.72. The molecule has 0 radical (unpaired) electrons. The van der Waals surface area contributed by atoms with Crippen LogP contribution in [0.4, 0.5) is 0 Å². The smallest absolute Gasteiger partial charge is 0.408 e. The highest BCUT2D eigenvalue weighted by Crippen LogP contribution is 2.37. The molecular formula is C22H23N3O4. The number of ether oxygens (including phenoxy) is 1. The van der Waals surface area contributed by atoms with Crippen LogP contribution in [0.2, 0.25) is 0 Å². The van der Waals surface area contributed by atoms with Crippen LogP contribution in [-0.4, -0.2) is 47.7 Å². The molecule has 2 saturated heterocycles. The number of nitrogens with one attached hydrogen (secondary N) is 1. The zero-order valence-corrected chi connectivity index (χ0v) is 16.0. The highest BCUT2D eigenvalue weighted by Gasteiger charge is 2.48. The minimum Gasteiger partial charge on any atom is -0.408 e. The van der Waals surface area contributed by atoms with Gasteiger partial charge in [0.25, 0.3) is 0 Å². The summed E-state index contributed by atoms with van der Waals surface area (Å²) in [6, 6.07) is 17.5. The molecule has 1 N–H and O–H groups in total. The van der Waals surface area contributed by atoms with Crippen molar-refractivity contribution >= 4 is 17.0 Å². The Kier molecular flexibility index (Phi) is 4.49. The Labute approximate surface area is 167 Å². The van der Waals surface area contributed by atoms with E-state index in [2.05, 4.69) is 22.3 Å². The fraction of sp³-hybridized carbons (Fsp3) is 0.364. The van der Waals surface area contributed by atoms with Crippen molar-refractivity contribution in [2.75, 3.05) is 26.2 Å². The molecule has 2 aliphatic rings. The number of amides is 1. The lowest BCUT2D eigenvalue weighted by Crippen LogP contribution is -2.66. The maximum atomic E-state index is 12.2. The lowest BCUT2D eigenvalue weighted by Gasteiger charge is -2.50. The van der Waals surface area contributed by atoms with Crippen LogP contribution < -0.4 is 11.1 Å². The van der Waals surface area contributed by atoms with Gasteiger partial charge in [-0.3, -0.25) is 14.3 Å². The molecule has 7 heteroatoms. The van der Waals surface area contributed by atoms with E-state index in [0.717, 1.165) is 24.0 Å². The molecule has 0 bridgehead atoms. The summed E-state index contributed by atoms with van der Waals surface area (Å²) in [5, 5.41) is 3.21. The van der Waals surface area contributed by atoms with Gasteiger partial charge in [0.1, 0.15) is 6.61 Å². The summed E-state index contributed by atoms with van der Waals surface area (Å²) in [7, 11) is 0. The number of nitrogens with zero attached hydrogens (tertiary/aromatic N) is 2. The predicted molar refractivity (Wildman–Crippen MR) is 108 cm³/mol. The van der Waals surface area contributed by atoms with E-state index in [1.54, 1.807) is 10.6 Å². The second-order valence-corrected chi connectivity index (χ2v) is 7.72. The van der Waals surface area contributed by atoms with Gasteiger partial charge < -0.3 is 14.5 Å². The number of hydrogen-bond acceptors (Lipinski definition) is 5. The second kappa shape index (κ2) is 7.17. The zero-order chi connectivity index (χ0) is 19.8. The summed E-state index contributed by atoms with van der Waals surface area (Å²) >= 11 is 0. The van der Waals surface area contributed by atoms with Gasteiger partial charge >= 0.3 is 5.76 Å². The third kappa shape index (κ3) is 3.16. The molecule has 29 heavy (non-hydrogen) atoms. The molecule has 7 nitrogen and oxygen atoms in total. The number of carbonyl (C=O) groups excluding carboxylic acids is 1. The molecule has 2 aliphatic heterocycles. The van der Waals surface area contributed by atoms with Crippen LogP contribution in [0.1, 0.15) is 12.0 Å². The van der Waals surface area contributed by atoms with Gasteiger partial charge in [-0.15, -0.1) is 0 Å². The number of aromatic nitrogens is 1. The summed E-state index contributed by atoms with van der Waals surface area (Å²) in [5.41, 5.74) is 2.01. The minimum absolute atomic E-state index is 0.0741. The largest absolute Gasteiger partial charge is 0.419 e. The van der Waals surface area contributed by atoms with Gasteiger partial charge in [0.2, 0.25) is 5.91 Å². The van der Waals surface area contributed by atoms with Crippen molar-refractivity contribution in [2.24, 2.45) is 0 Å². The third-order valence-electron chi connectivity index (χ3n) is 6.08. The molecule has 2 aromatic carbocycles. The van der Waals surface area contributed by atoms with Crippen LogP contribution in [0.15, 0.2) is 63.8 Å². The Morgan fingerprint density at radius 3 is 2.69 bits per heavy atom. The van der Waals surface area contributed by atoms with Crippen molar-refractivity contribution < 1.29 is 13.9 Å². The van der Waals surface area contributed by atoms with Crippen molar-refractivity contribution in [3.63, 3.8) is 0 Å². The Balaban J connectivity index is 1.34. The maximum Gasteiger partial charge on any atom is 0.419 e. The molecule has 0 saturated carbocycles. The number of morpholine rings is 1. The quantitative estimate of drug-likeness (QED) is 0.730. The van der Waals surface area contributed by atoms with Gasteiger partial charge in [-0.25, -0.2) is 4.79 Å². The monoisotopic (exact) mass is 393 g/mol. The van der Waals surface area contributed by atoms with Crippen LogP contribution in [0.5, 0.6) is 0 Å². The van der Waals surface area contributed by atoms with Crippen molar-refractivity contribution in [3.8, 4) is 0 Å². The first-order valence-electron chi connectivity index (χ1n) is 9.95.